The topological polar surface area (TPSA) is 91.8 Å². The molecule has 166 valence electrons. The van der Waals surface area contributed by atoms with Crippen LogP contribution in [0.2, 0.25) is 0 Å². The standard InChI is InChI=1S/C22H25F2N3O4/c1-13-9-15(3-4-19(13)31-12-20(23)24)14(2)27-11-17-16(22(27)30)5-6-25-18(17)10-21(29)26-7-8-28/h3-6,9,14,20,28H,7-8,10-12H2,1-2H3,(H,26,29). The third-order valence-electron chi connectivity index (χ3n) is 5.24. The van der Waals surface area contributed by atoms with E-state index in [-0.39, 0.29) is 37.4 Å². The summed E-state index contributed by atoms with van der Waals surface area (Å²) in [5.41, 5.74) is 3.31. The number of rotatable bonds is 9. The fourth-order valence-electron chi connectivity index (χ4n) is 3.61. The van der Waals surface area contributed by atoms with E-state index in [2.05, 4.69) is 10.3 Å². The van der Waals surface area contributed by atoms with Gasteiger partial charge in [-0.1, -0.05) is 12.1 Å². The number of halogens is 2. The highest BCUT2D eigenvalue weighted by Gasteiger charge is 2.33. The Morgan fingerprint density at radius 1 is 1.35 bits per heavy atom. The lowest BCUT2D eigenvalue weighted by Crippen LogP contribution is -2.28. The summed E-state index contributed by atoms with van der Waals surface area (Å²) in [6.07, 6.45) is -1.01. The molecule has 1 aromatic carbocycles. The Hall–Kier alpha value is -3.07. The number of fused-ring (bicyclic) bond motifs is 1. The molecule has 3 rings (SSSR count). The summed E-state index contributed by atoms with van der Waals surface area (Å²) in [5.74, 6) is -0.0471. The number of carbonyl (C=O) groups excluding carboxylic acids is 2. The molecule has 0 aliphatic carbocycles. The number of nitrogens with one attached hydrogen (secondary N) is 1. The maximum absolute atomic E-state index is 13.0. The number of carbonyl (C=O) groups is 2. The summed E-state index contributed by atoms with van der Waals surface area (Å²) in [6, 6.07) is 6.58. The largest absolute Gasteiger partial charge is 0.487 e. The van der Waals surface area contributed by atoms with Crippen molar-refractivity contribution in [1.29, 1.82) is 0 Å². The highest BCUT2D eigenvalue weighted by Crippen LogP contribution is 2.34. The normalized spacial score (nSPS) is 14.0. The molecule has 0 bridgehead atoms. The molecule has 1 atom stereocenters. The second kappa shape index (κ2) is 9.82. The number of hydrogen-bond donors (Lipinski definition) is 2. The third kappa shape index (κ3) is 5.16. The van der Waals surface area contributed by atoms with Crippen LogP contribution in [0.4, 0.5) is 8.78 Å². The number of aliphatic hydroxyl groups is 1. The van der Waals surface area contributed by atoms with Gasteiger partial charge in [-0.3, -0.25) is 14.6 Å². The maximum atomic E-state index is 13.0. The van der Waals surface area contributed by atoms with Crippen molar-refractivity contribution >= 4 is 11.8 Å². The molecule has 2 amide bonds. The minimum Gasteiger partial charge on any atom is -0.487 e. The molecule has 1 aliphatic rings. The van der Waals surface area contributed by atoms with E-state index < -0.39 is 13.0 Å². The lowest BCUT2D eigenvalue weighted by atomic mass is 10.0. The number of amides is 2. The maximum Gasteiger partial charge on any atom is 0.272 e. The van der Waals surface area contributed by atoms with E-state index in [1.54, 1.807) is 30.0 Å². The number of aliphatic hydroxyl groups excluding tert-OH is 1. The fraction of sp³-hybridized carbons (Fsp3) is 0.409. The zero-order valence-electron chi connectivity index (χ0n) is 17.4. The van der Waals surface area contributed by atoms with Crippen molar-refractivity contribution in [2.45, 2.75) is 39.3 Å². The first kappa shape index (κ1) is 22.6. The van der Waals surface area contributed by atoms with Crippen molar-refractivity contribution < 1.29 is 28.2 Å². The Bertz CT molecular complexity index is 968. The molecule has 9 heteroatoms. The number of alkyl halides is 2. The summed E-state index contributed by atoms with van der Waals surface area (Å²) in [6.45, 7) is 3.31. The fourth-order valence-corrected chi connectivity index (χ4v) is 3.61. The Labute approximate surface area is 179 Å². The molecule has 31 heavy (non-hydrogen) atoms. The number of hydrogen-bond acceptors (Lipinski definition) is 5. The van der Waals surface area contributed by atoms with Crippen LogP contribution >= 0.6 is 0 Å². The van der Waals surface area contributed by atoms with Crippen LogP contribution in [0.1, 0.15) is 45.7 Å². The zero-order chi connectivity index (χ0) is 22.5. The number of ether oxygens (including phenoxy) is 1. The van der Waals surface area contributed by atoms with E-state index in [9.17, 15) is 18.4 Å². The second-order valence-corrected chi connectivity index (χ2v) is 7.37. The molecule has 7 nitrogen and oxygen atoms in total. The van der Waals surface area contributed by atoms with Gasteiger partial charge >= 0.3 is 0 Å². The van der Waals surface area contributed by atoms with E-state index in [1.807, 2.05) is 13.0 Å². The Morgan fingerprint density at radius 3 is 2.81 bits per heavy atom. The van der Waals surface area contributed by atoms with Gasteiger partial charge in [0.1, 0.15) is 12.4 Å². The zero-order valence-corrected chi connectivity index (χ0v) is 17.4. The molecule has 0 fully saturated rings. The van der Waals surface area contributed by atoms with Crippen molar-refractivity contribution in [2.75, 3.05) is 19.8 Å². The van der Waals surface area contributed by atoms with Crippen molar-refractivity contribution in [3.63, 3.8) is 0 Å². The third-order valence-corrected chi connectivity index (χ3v) is 5.24. The number of benzene rings is 1. The highest BCUT2D eigenvalue weighted by atomic mass is 19.3. The van der Waals surface area contributed by atoms with E-state index in [0.29, 0.717) is 34.7 Å². The van der Waals surface area contributed by atoms with Crippen LogP contribution < -0.4 is 10.1 Å². The molecule has 2 N–H and O–H groups in total. The quantitative estimate of drug-likeness (QED) is 0.634. The minimum absolute atomic E-state index is 0.0218. The number of pyridine rings is 1. The van der Waals surface area contributed by atoms with Crippen LogP contribution in [0.3, 0.4) is 0 Å². The predicted octanol–water partition coefficient (Wildman–Crippen LogP) is 2.40. The van der Waals surface area contributed by atoms with Gasteiger partial charge in [0.2, 0.25) is 5.91 Å². The van der Waals surface area contributed by atoms with Gasteiger partial charge < -0.3 is 20.1 Å². The van der Waals surface area contributed by atoms with Crippen LogP contribution in [-0.4, -0.2) is 53.0 Å². The van der Waals surface area contributed by atoms with Crippen LogP contribution in [0, 0.1) is 6.92 Å². The number of aryl methyl sites for hydroxylation is 1. The molecule has 1 unspecified atom stereocenters. The Kier molecular flexibility index (Phi) is 7.17. The second-order valence-electron chi connectivity index (χ2n) is 7.37. The van der Waals surface area contributed by atoms with Gasteiger partial charge in [-0.2, -0.15) is 0 Å². The average Bonchev–Trinajstić information content (AvgIpc) is 3.08. The first-order valence-corrected chi connectivity index (χ1v) is 9.98. The molecule has 1 aliphatic heterocycles. The van der Waals surface area contributed by atoms with Crippen LogP contribution in [0.15, 0.2) is 30.5 Å². The van der Waals surface area contributed by atoms with Crippen molar-refractivity contribution in [1.82, 2.24) is 15.2 Å². The molecular formula is C22H25F2N3O4. The first-order chi connectivity index (χ1) is 14.8. The summed E-state index contributed by atoms with van der Waals surface area (Å²) in [5, 5.41) is 11.4. The molecule has 1 aromatic heterocycles. The summed E-state index contributed by atoms with van der Waals surface area (Å²) >= 11 is 0. The lowest BCUT2D eigenvalue weighted by molar-refractivity contribution is -0.120. The van der Waals surface area contributed by atoms with Crippen LogP contribution in [-0.2, 0) is 17.8 Å². The van der Waals surface area contributed by atoms with E-state index in [4.69, 9.17) is 9.84 Å². The first-order valence-electron chi connectivity index (χ1n) is 9.98. The molecule has 0 saturated heterocycles. The van der Waals surface area contributed by atoms with Gasteiger partial charge in [-0.15, -0.1) is 0 Å². The van der Waals surface area contributed by atoms with Crippen molar-refractivity contribution in [3.8, 4) is 5.75 Å². The Morgan fingerprint density at radius 2 is 2.13 bits per heavy atom. The van der Waals surface area contributed by atoms with Gasteiger partial charge in [0, 0.05) is 30.4 Å². The molecule has 0 spiro atoms. The summed E-state index contributed by atoms with van der Waals surface area (Å²) in [7, 11) is 0. The SMILES string of the molecule is Cc1cc(C(C)N2Cc3c(ccnc3CC(=O)NCCO)C2=O)ccc1OCC(F)F. The van der Waals surface area contributed by atoms with Gasteiger partial charge in [0.05, 0.1) is 24.8 Å². The van der Waals surface area contributed by atoms with Gasteiger partial charge in [-0.25, -0.2) is 8.78 Å². The van der Waals surface area contributed by atoms with Crippen LogP contribution in [0.25, 0.3) is 0 Å². The smallest absolute Gasteiger partial charge is 0.272 e. The average molecular weight is 433 g/mol. The summed E-state index contributed by atoms with van der Waals surface area (Å²) < 4.78 is 29.9. The van der Waals surface area contributed by atoms with Gasteiger partial charge in [0.25, 0.3) is 12.3 Å². The number of nitrogens with zero attached hydrogens (tertiary/aromatic N) is 2. The molecule has 2 heterocycles. The molecule has 0 saturated carbocycles. The molecule has 2 aromatic rings. The highest BCUT2D eigenvalue weighted by molar-refractivity contribution is 5.99. The monoisotopic (exact) mass is 433 g/mol. The van der Waals surface area contributed by atoms with E-state index in [1.165, 1.54) is 6.20 Å². The van der Waals surface area contributed by atoms with Crippen molar-refractivity contribution in [2.24, 2.45) is 0 Å². The molecule has 0 radical (unpaired) electrons. The van der Waals surface area contributed by atoms with Gasteiger partial charge in [-0.05, 0) is 37.1 Å². The van der Waals surface area contributed by atoms with E-state index >= 15 is 0 Å². The molecular weight excluding hydrogens is 408 g/mol. The van der Waals surface area contributed by atoms with Crippen LogP contribution in [0.5, 0.6) is 5.75 Å². The number of aromatic nitrogens is 1. The summed E-state index contributed by atoms with van der Waals surface area (Å²) in [4.78, 5) is 31.0. The lowest BCUT2D eigenvalue weighted by Gasteiger charge is -2.25. The predicted molar refractivity (Wildman–Crippen MR) is 109 cm³/mol. The Balaban J connectivity index is 1.76. The van der Waals surface area contributed by atoms with Gasteiger partial charge in [0.15, 0.2) is 0 Å². The van der Waals surface area contributed by atoms with Crippen molar-refractivity contribution in [3.05, 3.63) is 58.4 Å². The van der Waals surface area contributed by atoms with E-state index in [0.717, 1.165) is 5.56 Å². The minimum atomic E-state index is -2.55.